The van der Waals surface area contributed by atoms with Gasteiger partial charge in [0.05, 0.1) is 0 Å². The first-order valence-corrected chi connectivity index (χ1v) is 7.98. The summed E-state index contributed by atoms with van der Waals surface area (Å²) in [6.45, 7) is 0. The topological polar surface area (TPSA) is 20.3 Å². The first kappa shape index (κ1) is 14.5. The van der Waals surface area contributed by atoms with Gasteiger partial charge in [0.1, 0.15) is 0 Å². The zero-order valence-electron chi connectivity index (χ0n) is 13.4. The Bertz CT molecular complexity index is 1050. The Morgan fingerprint density at radius 3 is 1.88 bits per heavy atom. The van der Waals surface area contributed by atoms with Crippen LogP contribution in [0.4, 0.5) is 5.69 Å². The molecule has 0 aliphatic carbocycles. The molecule has 0 aromatic heterocycles. The van der Waals surface area contributed by atoms with Crippen LogP contribution in [0.15, 0.2) is 84.9 Å². The van der Waals surface area contributed by atoms with Crippen molar-refractivity contribution in [3.05, 3.63) is 90.5 Å². The van der Waals surface area contributed by atoms with Crippen LogP contribution in [-0.2, 0) is 0 Å². The number of anilines is 1. The van der Waals surface area contributed by atoms with Gasteiger partial charge in [-0.15, -0.1) is 0 Å². The van der Waals surface area contributed by atoms with E-state index in [2.05, 4.69) is 24.3 Å². The lowest BCUT2D eigenvalue weighted by atomic mass is 10.1. The maximum atomic E-state index is 12.9. The average Bonchev–Trinajstić information content (AvgIpc) is 2.66. The average molecular weight is 311 g/mol. The number of nitrogens with zero attached hydrogens (tertiary/aromatic N) is 1. The summed E-state index contributed by atoms with van der Waals surface area (Å²) in [4.78, 5) is 14.6. The Hall–Kier alpha value is -3.13. The van der Waals surface area contributed by atoms with Gasteiger partial charge in [0.2, 0.25) is 0 Å². The Balaban J connectivity index is 1.70. The molecule has 1 amide bonds. The first-order chi connectivity index (χ1) is 11.7. The lowest BCUT2D eigenvalue weighted by molar-refractivity contribution is 0.0993. The molecule has 0 aliphatic rings. The Morgan fingerprint density at radius 1 is 0.667 bits per heavy atom. The van der Waals surface area contributed by atoms with Gasteiger partial charge in [-0.3, -0.25) is 4.79 Å². The highest BCUT2D eigenvalue weighted by Crippen LogP contribution is 2.23. The van der Waals surface area contributed by atoms with Crippen LogP contribution in [0.5, 0.6) is 0 Å². The fourth-order valence-corrected chi connectivity index (χ4v) is 3.02. The maximum absolute atomic E-state index is 12.9. The molecular weight excluding hydrogens is 294 g/mol. The van der Waals surface area contributed by atoms with Gasteiger partial charge in [-0.05, 0) is 45.8 Å². The molecule has 2 nitrogen and oxygen atoms in total. The third-order valence-corrected chi connectivity index (χ3v) is 4.42. The Morgan fingerprint density at radius 2 is 1.21 bits per heavy atom. The molecule has 0 bridgehead atoms. The molecule has 0 radical (unpaired) electrons. The van der Waals surface area contributed by atoms with Gasteiger partial charge in [0.25, 0.3) is 5.91 Å². The van der Waals surface area contributed by atoms with E-state index in [0.29, 0.717) is 5.56 Å². The number of benzene rings is 4. The summed E-state index contributed by atoms with van der Waals surface area (Å²) in [5.41, 5.74) is 1.59. The standard InChI is InChI=1S/C22H17NO/c1-23(21-13-12-17-7-3-5-9-19(17)15-21)22(24)20-11-10-16-6-2-4-8-18(16)14-20/h2-15H,1H3. The van der Waals surface area contributed by atoms with E-state index in [4.69, 9.17) is 0 Å². The number of rotatable bonds is 2. The molecule has 0 heterocycles. The van der Waals surface area contributed by atoms with Crippen LogP contribution in [0, 0.1) is 0 Å². The largest absolute Gasteiger partial charge is 0.311 e. The highest BCUT2D eigenvalue weighted by Gasteiger charge is 2.14. The monoisotopic (exact) mass is 311 g/mol. The zero-order chi connectivity index (χ0) is 16.5. The predicted octanol–water partition coefficient (Wildman–Crippen LogP) is 5.27. The molecule has 0 atom stereocenters. The van der Waals surface area contributed by atoms with E-state index in [9.17, 15) is 4.79 Å². The highest BCUT2D eigenvalue weighted by atomic mass is 16.2. The Kier molecular flexibility index (Phi) is 3.51. The summed E-state index contributed by atoms with van der Waals surface area (Å²) in [6.07, 6.45) is 0. The van der Waals surface area contributed by atoms with Crippen LogP contribution in [-0.4, -0.2) is 13.0 Å². The minimum absolute atomic E-state index is 0.00367. The quantitative estimate of drug-likeness (QED) is 0.494. The molecule has 0 aliphatic heterocycles. The van der Waals surface area contributed by atoms with Gasteiger partial charge in [0, 0.05) is 18.3 Å². The van der Waals surface area contributed by atoms with Crippen molar-refractivity contribution in [3.63, 3.8) is 0 Å². The van der Waals surface area contributed by atoms with Crippen molar-refractivity contribution < 1.29 is 4.79 Å². The summed E-state index contributed by atoms with van der Waals surface area (Å²) in [5, 5.41) is 4.53. The van der Waals surface area contributed by atoms with E-state index in [1.54, 1.807) is 4.90 Å². The second-order valence-corrected chi connectivity index (χ2v) is 5.96. The van der Waals surface area contributed by atoms with Gasteiger partial charge in [-0.2, -0.15) is 0 Å². The number of carbonyl (C=O) groups excluding carboxylic acids is 1. The highest BCUT2D eigenvalue weighted by molar-refractivity contribution is 6.08. The molecule has 116 valence electrons. The van der Waals surface area contributed by atoms with Crippen molar-refractivity contribution in [3.8, 4) is 0 Å². The third kappa shape index (κ3) is 2.52. The minimum atomic E-state index is -0.00367. The number of hydrogen-bond donors (Lipinski definition) is 0. The van der Waals surface area contributed by atoms with Gasteiger partial charge in [-0.1, -0.05) is 60.7 Å². The van der Waals surface area contributed by atoms with E-state index in [0.717, 1.165) is 21.8 Å². The molecule has 0 fully saturated rings. The fraction of sp³-hybridized carbons (Fsp3) is 0.0455. The summed E-state index contributed by atoms with van der Waals surface area (Å²) < 4.78 is 0. The van der Waals surface area contributed by atoms with E-state index in [1.165, 1.54) is 5.39 Å². The molecule has 0 unspecified atom stereocenters. The van der Waals surface area contributed by atoms with Crippen LogP contribution < -0.4 is 4.90 Å². The zero-order valence-corrected chi connectivity index (χ0v) is 13.4. The minimum Gasteiger partial charge on any atom is -0.311 e. The predicted molar refractivity (Wildman–Crippen MR) is 101 cm³/mol. The smallest absolute Gasteiger partial charge is 0.258 e. The van der Waals surface area contributed by atoms with Crippen molar-refractivity contribution in [1.29, 1.82) is 0 Å². The van der Waals surface area contributed by atoms with Gasteiger partial charge in [-0.25, -0.2) is 0 Å². The molecule has 4 rings (SSSR count). The van der Waals surface area contributed by atoms with Gasteiger partial charge >= 0.3 is 0 Å². The third-order valence-electron chi connectivity index (χ3n) is 4.42. The van der Waals surface area contributed by atoms with Crippen molar-refractivity contribution in [2.24, 2.45) is 0 Å². The van der Waals surface area contributed by atoms with Crippen molar-refractivity contribution in [2.45, 2.75) is 0 Å². The molecule has 4 aromatic carbocycles. The van der Waals surface area contributed by atoms with Crippen molar-refractivity contribution in [1.82, 2.24) is 0 Å². The van der Waals surface area contributed by atoms with E-state index in [1.807, 2.05) is 67.7 Å². The summed E-state index contributed by atoms with van der Waals surface area (Å²) >= 11 is 0. The normalized spacial score (nSPS) is 10.9. The second-order valence-electron chi connectivity index (χ2n) is 5.96. The molecule has 0 spiro atoms. The Labute approximate surface area is 141 Å². The van der Waals surface area contributed by atoms with Crippen molar-refractivity contribution in [2.75, 3.05) is 11.9 Å². The lowest BCUT2D eigenvalue weighted by Gasteiger charge is -2.18. The van der Waals surface area contributed by atoms with Crippen LogP contribution in [0.25, 0.3) is 21.5 Å². The number of hydrogen-bond acceptors (Lipinski definition) is 1. The lowest BCUT2D eigenvalue weighted by Crippen LogP contribution is -2.26. The second kappa shape index (κ2) is 5.82. The maximum Gasteiger partial charge on any atom is 0.258 e. The summed E-state index contributed by atoms with van der Waals surface area (Å²) in [6, 6.07) is 28.2. The summed E-state index contributed by atoms with van der Waals surface area (Å²) in [7, 11) is 1.82. The number of amides is 1. The van der Waals surface area contributed by atoms with Crippen LogP contribution in [0.3, 0.4) is 0 Å². The first-order valence-electron chi connectivity index (χ1n) is 7.98. The van der Waals surface area contributed by atoms with Crippen LogP contribution in [0.1, 0.15) is 10.4 Å². The fourth-order valence-electron chi connectivity index (χ4n) is 3.02. The van der Waals surface area contributed by atoms with Gasteiger partial charge < -0.3 is 4.90 Å². The van der Waals surface area contributed by atoms with Gasteiger partial charge in [0.15, 0.2) is 0 Å². The van der Waals surface area contributed by atoms with E-state index >= 15 is 0 Å². The van der Waals surface area contributed by atoms with Crippen LogP contribution in [0.2, 0.25) is 0 Å². The van der Waals surface area contributed by atoms with Crippen molar-refractivity contribution >= 4 is 33.1 Å². The molecule has 0 N–H and O–H groups in total. The van der Waals surface area contributed by atoms with E-state index < -0.39 is 0 Å². The van der Waals surface area contributed by atoms with Crippen LogP contribution >= 0.6 is 0 Å². The summed E-state index contributed by atoms with van der Waals surface area (Å²) in [5.74, 6) is -0.00367. The molecule has 4 aromatic rings. The number of fused-ring (bicyclic) bond motifs is 2. The molecule has 24 heavy (non-hydrogen) atoms. The molecule has 2 heteroatoms. The SMILES string of the molecule is CN(C(=O)c1ccc2ccccc2c1)c1ccc2ccccc2c1. The molecule has 0 saturated heterocycles. The molecule has 0 saturated carbocycles. The van der Waals surface area contributed by atoms with E-state index in [-0.39, 0.29) is 5.91 Å². The number of carbonyl (C=O) groups is 1. The molecular formula is C22H17NO.